The normalized spacial score (nSPS) is 12.2. The van der Waals surface area contributed by atoms with Gasteiger partial charge >= 0.3 is 0 Å². The van der Waals surface area contributed by atoms with E-state index < -0.39 is 0 Å². The van der Waals surface area contributed by atoms with Gasteiger partial charge in [0, 0.05) is 36.0 Å². The summed E-state index contributed by atoms with van der Waals surface area (Å²) < 4.78 is 3.04. The van der Waals surface area contributed by atoms with Gasteiger partial charge in [-0.3, -0.25) is 14.0 Å². The predicted molar refractivity (Wildman–Crippen MR) is 125 cm³/mol. The van der Waals surface area contributed by atoms with Crippen molar-refractivity contribution in [3.63, 3.8) is 0 Å². The number of nitrogens with two attached hydrogens (primary N) is 1. The summed E-state index contributed by atoms with van der Waals surface area (Å²) in [5.41, 5.74) is 9.66. The lowest BCUT2D eigenvalue weighted by Gasteiger charge is -2.15. The van der Waals surface area contributed by atoms with Crippen LogP contribution in [-0.4, -0.2) is 40.8 Å². The van der Waals surface area contributed by atoms with Crippen LogP contribution in [0.4, 0.5) is 0 Å². The van der Waals surface area contributed by atoms with Crippen LogP contribution in [0.15, 0.2) is 48.7 Å². The van der Waals surface area contributed by atoms with Crippen LogP contribution in [0.1, 0.15) is 40.5 Å². The van der Waals surface area contributed by atoms with Gasteiger partial charge in [0.25, 0.3) is 11.8 Å². The molecule has 0 aliphatic rings. The molecular weight excluding hydrogens is 410 g/mol. The lowest BCUT2D eigenvalue weighted by molar-refractivity contribution is 0.0932. The Hall–Kier alpha value is -3.23. The van der Waals surface area contributed by atoms with Crippen molar-refractivity contribution in [3.8, 4) is 11.3 Å². The molecule has 4 N–H and O–H groups in total. The average molecular weight is 436 g/mol. The molecule has 4 rings (SSSR count). The number of amides is 2. The van der Waals surface area contributed by atoms with Crippen molar-refractivity contribution < 1.29 is 9.59 Å². The maximum absolute atomic E-state index is 12.6. The van der Waals surface area contributed by atoms with Crippen LogP contribution in [0.5, 0.6) is 0 Å². The lowest BCUT2D eigenvalue weighted by atomic mass is 10.1. The van der Waals surface area contributed by atoms with Gasteiger partial charge < -0.3 is 16.4 Å². The van der Waals surface area contributed by atoms with Gasteiger partial charge in [-0.05, 0) is 49.7 Å². The molecular formula is C23H25N5O2S. The number of rotatable bonds is 7. The summed E-state index contributed by atoms with van der Waals surface area (Å²) in [5, 5.41) is 5.68. The molecule has 2 aromatic carbocycles. The summed E-state index contributed by atoms with van der Waals surface area (Å²) >= 11 is 1.54. The van der Waals surface area contributed by atoms with Crippen LogP contribution in [0.2, 0.25) is 0 Å². The third-order valence-corrected chi connectivity index (χ3v) is 6.39. The molecule has 1 unspecified atom stereocenters. The minimum absolute atomic E-state index is 0.0786. The Bertz CT molecular complexity index is 1240. The summed E-state index contributed by atoms with van der Waals surface area (Å²) in [5.74, 6) is -0.193. The SMILES string of the molecule is CCC(CCN)NC(=O)c1ccc2c(c1)sc1nc(-c3ccc(C(=O)NC)cc3)cn12. The van der Waals surface area contributed by atoms with Crippen molar-refractivity contribution in [2.45, 2.75) is 25.8 Å². The number of benzene rings is 2. The number of imidazole rings is 1. The number of nitrogens with one attached hydrogen (secondary N) is 2. The summed E-state index contributed by atoms with van der Waals surface area (Å²) in [6.45, 7) is 2.60. The second kappa shape index (κ2) is 8.87. The molecule has 0 saturated heterocycles. The average Bonchev–Trinajstić information content (AvgIpc) is 3.35. The molecule has 160 valence electrons. The second-order valence-corrected chi connectivity index (χ2v) is 8.38. The van der Waals surface area contributed by atoms with Gasteiger partial charge in [0.1, 0.15) is 0 Å². The van der Waals surface area contributed by atoms with E-state index in [4.69, 9.17) is 10.7 Å². The first-order valence-corrected chi connectivity index (χ1v) is 11.1. The molecule has 8 heteroatoms. The number of hydrogen-bond acceptors (Lipinski definition) is 5. The molecule has 0 aliphatic heterocycles. The van der Waals surface area contributed by atoms with Crippen molar-refractivity contribution in [2.75, 3.05) is 13.6 Å². The Morgan fingerprint density at radius 1 is 1.13 bits per heavy atom. The fourth-order valence-corrected chi connectivity index (χ4v) is 4.61. The van der Waals surface area contributed by atoms with Gasteiger partial charge in [0.15, 0.2) is 4.96 Å². The smallest absolute Gasteiger partial charge is 0.251 e. The number of nitrogens with zero attached hydrogens (tertiary/aromatic N) is 2. The van der Waals surface area contributed by atoms with Gasteiger partial charge in [0.2, 0.25) is 0 Å². The van der Waals surface area contributed by atoms with Crippen LogP contribution in [0.3, 0.4) is 0 Å². The highest BCUT2D eigenvalue weighted by molar-refractivity contribution is 7.23. The van der Waals surface area contributed by atoms with Gasteiger partial charge in [-0.1, -0.05) is 30.4 Å². The lowest BCUT2D eigenvalue weighted by Crippen LogP contribution is -2.35. The minimum Gasteiger partial charge on any atom is -0.355 e. The first-order chi connectivity index (χ1) is 15.0. The predicted octanol–water partition coefficient (Wildman–Crippen LogP) is 3.43. The molecule has 0 spiro atoms. The molecule has 0 fully saturated rings. The fourth-order valence-electron chi connectivity index (χ4n) is 3.57. The Labute approximate surface area is 184 Å². The van der Waals surface area contributed by atoms with Crippen LogP contribution in [0.25, 0.3) is 26.4 Å². The largest absolute Gasteiger partial charge is 0.355 e. The minimum atomic E-state index is -0.114. The highest BCUT2D eigenvalue weighted by Crippen LogP contribution is 2.30. The van der Waals surface area contributed by atoms with Crippen LogP contribution < -0.4 is 16.4 Å². The van der Waals surface area contributed by atoms with Gasteiger partial charge in [-0.2, -0.15) is 0 Å². The summed E-state index contributed by atoms with van der Waals surface area (Å²) in [7, 11) is 1.61. The van der Waals surface area contributed by atoms with Crippen LogP contribution >= 0.6 is 11.3 Å². The molecule has 1 atom stereocenters. The highest BCUT2D eigenvalue weighted by Gasteiger charge is 2.15. The van der Waals surface area contributed by atoms with Crippen molar-refractivity contribution in [1.82, 2.24) is 20.0 Å². The van der Waals surface area contributed by atoms with E-state index >= 15 is 0 Å². The first kappa shape index (κ1) is 21.0. The number of thiazole rings is 1. The quantitative estimate of drug-likeness (QED) is 0.414. The van der Waals surface area contributed by atoms with Crippen molar-refractivity contribution in [2.24, 2.45) is 5.73 Å². The number of hydrogen-bond donors (Lipinski definition) is 3. The maximum Gasteiger partial charge on any atom is 0.251 e. The molecule has 31 heavy (non-hydrogen) atoms. The van der Waals surface area contributed by atoms with Crippen molar-refractivity contribution in [1.29, 1.82) is 0 Å². The molecule has 0 saturated carbocycles. The molecule has 0 bridgehead atoms. The standard InChI is InChI=1S/C23H25N5O2S/c1-3-17(10-11-24)26-22(30)16-8-9-19-20(12-16)31-23-27-18(13-28(19)23)14-4-6-15(7-5-14)21(29)25-2/h4-9,12-13,17H,3,10-11,24H2,1-2H3,(H,25,29)(H,26,30). The van der Waals surface area contributed by atoms with Gasteiger partial charge in [-0.15, -0.1) is 0 Å². The molecule has 7 nitrogen and oxygen atoms in total. The topological polar surface area (TPSA) is 102 Å². The highest BCUT2D eigenvalue weighted by atomic mass is 32.1. The van der Waals surface area contributed by atoms with Crippen LogP contribution in [-0.2, 0) is 0 Å². The van der Waals surface area contributed by atoms with Crippen molar-refractivity contribution >= 4 is 38.3 Å². The monoisotopic (exact) mass is 435 g/mol. The molecule has 4 aromatic rings. The first-order valence-electron chi connectivity index (χ1n) is 10.3. The maximum atomic E-state index is 12.6. The summed E-state index contributed by atoms with van der Waals surface area (Å²) in [6.07, 6.45) is 3.60. The summed E-state index contributed by atoms with van der Waals surface area (Å²) in [4.78, 5) is 29.9. The number of carbonyl (C=O) groups excluding carboxylic acids is 2. The zero-order chi connectivity index (χ0) is 22.0. The third-order valence-electron chi connectivity index (χ3n) is 5.37. The number of aromatic nitrogens is 2. The van der Waals surface area contributed by atoms with E-state index in [1.54, 1.807) is 30.5 Å². The number of fused-ring (bicyclic) bond motifs is 3. The summed E-state index contributed by atoms with van der Waals surface area (Å²) in [6, 6.07) is 13.2. The molecule has 0 radical (unpaired) electrons. The van der Waals surface area contributed by atoms with Gasteiger partial charge in [-0.25, -0.2) is 4.98 Å². The molecule has 2 amide bonds. The van der Waals surface area contributed by atoms with E-state index in [9.17, 15) is 9.59 Å². The van der Waals surface area contributed by atoms with E-state index in [-0.39, 0.29) is 17.9 Å². The number of carbonyl (C=O) groups is 2. The molecule has 2 heterocycles. The van der Waals surface area contributed by atoms with Crippen molar-refractivity contribution in [3.05, 3.63) is 59.8 Å². The van der Waals surface area contributed by atoms with E-state index in [1.165, 1.54) is 0 Å². The Kier molecular flexibility index (Phi) is 6.01. The zero-order valence-electron chi connectivity index (χ0n) is 17.5. The molecule has 0 aliphatic carbocycles. The van der Waals surface area contributed by atoms with E-state index in [2.05, 4.69) is 10.6 Å². The zero-order valence-corrected chi connectivity index (χ0v) is 18.3. The van der Waals surface area contributed by atoms with E-state index in [0.717, 1.165) is 39.3 Å². The van der Waals surface area contributed by atoms with E-state index in [0.29, 0.717) is 17.7 Å². The Morgan fingerprint density at radius 2 is 1.87 bits per heavy atom. The third kappa shape index (κ3) is 4.17. The van der Waals surface area contributed by atoms with Gasteiger partial charge in [0.05, 0.1) is 15.9 Å². The van der Waals surface area contributed by atoms with Crippen LogP contribution in [0, 0.1) is 0 Å². The Morgan fingerprint density at radius 3 is 2.55 bits per heavy atom. The fraction of sp³-hybridized carbons (Fsp3) is 0.261. The molecule has 2 aromatic heterocycles. The van der Waals surface area contributed by atoms with E-state index in [1.807, 2.05) is 47.9 Å². The Balaban J connectivity index is 1.60. The second-order valence-electron chi connectivity index (χ2n) is 7.38.